The van der Waals surface area contributed by atoms with Gasteiger partial charge in [0.05, 0.1) is 13.0 Å². The first kappa shape index (κ1) is 21.5. The van der Waals surface area contributed by atoms with Crippen LogP contribution in [0.4, 0.5) is 4.79 Å². The Labute approximate surface area is 185 Å². The summed E-state index contributed by atoms with van der Waals surface area (Å²) in [6.07, 6.45) is 5.42. The summed E-state index contributed by atoms with van der Waals surface area (Å²) in [5, 5.41) is 13.8. The van der Waals surface area contributed by atoms with Gasteiger partial charge in [-0.3, -0.25) is 18.9 Å². The number of urea groups is 1. The molecule has 1 saturated heterocycles. The predicted octanol–water partition coefficient (Wildman–Crippen LogP) is 2.07. The van der Waals surface area contributed by atoms with Gasteiger partial charge in [-0.25, -0.2) is 4.79 Å². The standard InChI is InChI=1S/C23H26N6O3/c30-21(15-18-22(31)29(23(32)25-18)16-17-9-3-1-4-10-17)24-13-7-2-5-11-19-26-27-20-12-6-8-14-28(19)20/h1,3-4,6,8-10,12,14,18H,2,5,7,11,13,15-16H2,(H,24,30)(H,25,32)/t18-/m1/s1. The van der Waals surface area contributed by atoms with Crippen LogP contribution in [0.25, 0.3) is 5.65 Å². The van der Waals surface area contributed by atoms with Gasteiger partial charge in [0.1, 0.15) is 11.9 Å². The number of imide groups is 1. The van der Waals surface area contributed by atoms with Crippen molar-refractivity contribution in [1.29, 1.82) is 0 Å². The van der Waals surface area contributed by atoms with E-state index in [1.165, 1.54) is 0 Å². The lowest BCUT2D eigenvalue weighted by molar-refractivity contribution is -0.131. The van der Waals surface area contributed by atoms with Crippen LogP contribution in [0.15, 0.2) is 54.7 Å². The molecule has 1 atom stereocenters. The molecular formula is C23H26N6O3. The van der Waals surface area contributed by atoms with Crippen molar-refractivity contribution in [3.63, 3.8) is 0 Å². The molecule has 0 saturated carbocycles. The Morgan fingerprint density at radius 1 is 1.00 bits per heavy atom. The minimum Gasteiger partial charge on any atom is -0.356 e. The third kappa shape index (κ3) is 5.11. The van der Waals surface area contributed by atoms with Crippen molar-refractivity contribution < 1.29 is 14.4 Å². The summed E-state index contributed by atoms with van der Waals surface area (Å²) in [6, 6.07) is 13.8. The van der Waals surface area contributed by atoms with Crippen LogP contribution in [-0.4, -0.2) is 49.9 Å². The maximum absolute atomic E-state index is 12.5. The number of aryl methyl sites for hydroxylation is 1. The SMILES string of the molecule is O=C(C[C@H]1NC(=O)N(Cc2ccccc2)C1=O)NCCCCCc1nnc2ccccn12. The quantitative estimate of drug-likeness (QED) is 0.375. The first-order valence-corrected chi connectivity index (χ1v) is 10.8. The van der Waals surface area contributed by atoms with E-state index in [2.05, 4.69) is 20.8 Å². The van der Waals surface area contributed by atoms with Gasteiger partial charge in [-0.1, -0.05) is 42.8 Å². The highest BCUT2D eigenvalue weighted by Gasteiger charge is 2.38. The highest BCUT2D eigenvalue weighted by atomic mass is 16.2. The predicted molar refractivity (Wildman–Crippen MR) is 117 cm³/mol. The Morgan fingerprint density at radius 2 is 1.81 bits per heavy atom. The molecule has 3 heterocycles. The number of benzene rings is 1. The van der Waals surface area contributed by atoms with Gasteiger partial charge in [0.15, 0.2) is 5.65 Å². The average molecular weight is 435 g/mol. The number of nitrogens with zero attached hydrogens (tertiary/aromatic N) is 4. The fraction of sp³-hybridized carbons (Fsp3) is 0.348. The van der Waals surface area contributed by atoms with E-state index in [4.69, 9.17) is 0 Å². The number of rotatable bonds is 10. The second-order valence-electron chi connectivity index (χ2n) is 7.82. The van der Waals surface area contributed by atoms with Crippen molar-refractivity contribution in [1.82, 2.24) is 30.1 Å². The smallest absolute Gasteiger partial charge is 0.325 e. The average Bonchev–Trinajstić information content (AvgIpc) is 3.33. The second kappa shape index (κ2) is 10.0. The van der Waals surface area contributed by atoms with Crippen LogP contribution < -0.4 is 10.6 Å². The van der Waals surface area contributed by atoms with E-state index < -0.39 is 12.1 Å². The zero-order valence-corrected chi connectivity index (χ0v) is 17.7. The highest BCUT2D eigenvalue weighted by molar-refractivity contribution is 6.05. The summed E-state index contributed by atoms with van der Waals surface area (Å²) in [6.45, 7) is 0.729. The Bertz CT molecular complexity index is 1100. The fourth-order valence-corrected chi connectivity index (χ4v) is 3.76. The van der Waals surface area contributed by atoms with Crippen LogP contribution >= 0.6 is 0 Å². The topological polar surface area (TPSA) is 109 Å². The number of unbranched alkanes of at least 4 members (excludes halogenated alkanes) is 2. The number of hydrogen-bond acceptors (Lipinski definition) is 5. The molecule has 9 heteroatoms. The minimum atomic E-state index is -0.813. The maximum atomic E-state index is 12.5. The first-order chi connectivity index (χ1) is 15.6. The van der Waals surface area contributed by atoms with Crippen molar-refractivity contribution in [2.24, 2.45) is 0 Å². The van der Waals surface area contributed by atoms with Crippen LogP contribution in [0.5, 0.6) is 0 Å². The summed E-state index contributed by atoms with van der Waals surface area (Å²) < 4.78 is 1.98. The monoisotopic (exact) mass is 434 g/mol. The molecule has 2 aromatic heterocycles. The lowest BCUT2D eigenvalue weighted by Gasteiger charge is -2.13. The molecule has 1 fully saturated rings. The summed E-state index contributed by atoms with van der Waals surface area (Å²) in [5.41, 5.74) is 1.70. The van der Waals surface area contributed by atoms with Gasteiger partial charge in [-0.05, 0) is 30.5 Å². The number of pyridine rings is 1. The molecule has 166 valence electrons. The van der Waals surface area contributed by atoms with E-state index in [1.54, 1.807) is 0 Å². The molecule has 0 radical (unpaired) electrons. The molecule has 3 aromatic rings. The lowest BCUT2D eigenvalue weighted by Crippen LogP contribution is -2.36. The number of carbonyl (C=O) groups is 3. The zero-order chi connectivity index (χ0) is 22.3. The Balaban J connectivity index is 1.14. The largest absolute Gasteiger partial charge is 0.356 e. The second-order valence-corrected chi connectivity index (χ2v) is 7.82. The number of aromatic nitrogens is 3. The third-order valence-electron chi connectivity index (χ3n) is 5.46. The summed E-state index contributed by atoms with van der Waals surface area (Å²) >= 11 is 0. The molecule has 1 aromatic carbocycles. The number of fused-ring (bicyclic) bond motifs is 1. The van der Waals surface area contributed by atoms with Gasteiger partial charge in [0, 0.05) is 19.2 Å². The minimum absolute atomic E-state index is 0.0540. The van der Waals surface area contributed by atoms with Crippen LogP contribution in [0.1, 0.15) is 37.1 Å². The van der Waals surface area contributed by atoms with E-state index in [0.29, 0.717) is 6.54 Å². The number of nitrogens with one attached hydrogen (secondary N) is 2. The molecule has 0 bridgehead atoms. The molecular weight excluding hydrogens is 408 g/mol. The molecule has 0 spiro atoms. The Morgan fingerprint density at radius 3 is 2.66 bits per heavy atom. The van der Waals surface area contributed by atoms with E-state index >= 15 is 0 Å². The van der Waals surface area contributed by atoms with E-state index in [9.17, 15) is 14.4 Å². The molecule has 9 nitrogen and oxygen atoms in total. The normalized spacial score (nSPS) is 15.9. The fourth-order valence-electron chi connectivity index (χ4n) is 3.76. The Hall–Kier alpha value is -3.75. The molecule has 2 N–H and O–H groups in total. The van der Waals surface area contributed by atoms with Gasteiger partial charge in [-0.15, -0.1) is 10.2 Å². The maximum Gasteiger partial charge on any atom is 0.325 e. The lowest BCUT2D eigenvalue weighted by atomic mass is 10.1. The molecule has 0 unspecified atom stereocenters. The number of hydrogen-bond donors (Lipinski definition) is 2. The summed E-state index contributed by atoms with van der Waals surface area (Å²) in [5.74, 6) is 0.323. The van der Waals surface area contributed by atoms with Crippen molar-refractivity contribution in [3.05, 3.63) is 66.1 Å². The van der Waals surface area contributed by atoms with Crippen LogP contribution in [-0.2, 0) is 22.6 Å². The van der Waals surface area contributed by atoms with Crippen molar-refractivity contribution in [2.75, 3.05) is 6.54 Å². The van der Waals surface area contributed by atoms with Crippen LogP contribution in [0, 0.1) is 0 Å². The highest BCUT2D eigenvalue weighted by Crippen LogP contribution is 2.14. The number of amides is 4. The van der Waals surface area contributed by atoms with Gasteiger partial charge >= 0.3 is 6.03 Å². The number of carbonyl (C=O) groups excluding carboxylic acids is 3. The molecule has 4 amide bonds. The first-order valence-electron chi connectivity index (χ1n) is 10.8. The molecule has 0 aliphatic carbocycles. The van der Waals surface area contributed by atoms with Crippen LogP contribution in [0.3, 0.4) is 0 Å². The van der Waals surface area contributed by atoms with Gasteiger partial charge in [0.25, 0.3) is 5.91 Å². The van der Waals surface area contributed by atoms with Crippen LogP contribution in [0.2, 0.25) is 0 Å². The summed E-state index contributed by atoms with van der Waals surface area (Å²) in [4.78, 5) is 38.1. The molecule has 1 aliphatic rings. The molecule has 4 rings (SSSR count). The zero-order valence-electron chi connectivity index (χ0n) is 17.7. The van der Waals surface area contributed by atoms with Gasteiger partial charge < -0.3 is 10.6 Å². The summed E-state index contributed by atoms with van der Waals surface area (Å²) in [7, 11) is 0. The molecule has 32 heavy (non-hydrogen) atoms. The van der Waals surface area contributed by atoms with E-state index in [0.717, 1.165) is 47.6 Å². The van der Waals surface area contributed by atoms with E-state index in [1.807, 2.05) is 59.1 Å². The molecule has 1 aliphatic heterocycles. The van der Waals surface area contributed by atoms with Gasteiger partial charge in [-0.2, -0.15) is 0 Å². The van der Waals surface area contributed by atoms with Crippen molar-refractivity contribution in [3.8, 4) is 0 Å². The van der Waals surface area contributed by atoms with E-state index in [-0.39, 0.29) is 24.8 Å². The Kier molecular flexibility index (Phi) is 6.74. The third-order valence-corrected chi connectivity index (χ3v) is 5.46. The van der Waals surface area contributed by atoms with Gasteiger partial charge in [0.2, 0.25) is 5.91 Å². The van der Waals surface area contributed by atoms with Crippen molar-refractivity contribution >= 4 is 23.5 Å². The van der Waals surface area contributed by atoms with Crippen molar-refractivity contribution in [2.45, 2.75) is 44.7 Å².